The van der Waals surface area contributed by atoms with E-state index in [2.05, 4.69) is 10.3 Å². The zero-order chi connectivity index (χ0) is 23.5. The number of carbonyl (C=O) groups is 1. The summed E-state index contributed by atoms with van der Waals surface area (Å²) in [6.45, 7) is 2.13. The summed E-state index contributed by atoms with van der Waals surface area (Å²) in [5.41, 5.74) is 3.11. The van der Waals surface area contributed by atoms with Gasteiger partial charge in [-0.3, -0.25) is 14.2 Å². The van der Waals surface area contributed by atoms with Crippen molar-refractivity contribution < 1.29 is 4.79 Å². The second kappa shape index (κ2) is 9.75. The minimum absolute atomic E-state index is 0.00649. The Bertz CT molecular complexity index is 1440. The maximum atomic E-state index is 13.2. The third-order valence-corrected chi connectivity index (χ3v) is 6.95. The fraction of sp³-hybridized carbons (Fsp3) is 0.167. The zero-order valence-corrected chi connectivity index (χ0v) is 19.8. The highest BCUT2D eigenvalue weighted by atomic mass is 35.5. The van der Waals surface area contributed by atoms with Crippen LogP contribution < -0.4 is 10.9 Å². The van der Waals surface area contributed by atoms with E-state index < -0.39 is 11.9 Å². The molecule has 9 heteroatoms. The number of nitrogens with zero attached hydrogens (tertiary/aromatic N) is 3. The molecule has 4 aromatic rings. The van der Waals surface area contributed by atoms with Gasteiger partial charge < -0.3 is 5.32 Å². The van der Waals surface area contributed by atoms with Crippen LogP contribution in [-0.4, -0.2) is 15.5 Å². The van der Waals surface area contributed by atoms with Crippen molar-refractivity contribution >= 4 is 50.7 Å². The quantitative estimate of drug-likeness (QED) is 0.381. The van der Waals surface area contributed by atoms with Gasteiger partial charge in [0.2, 0.25) is 5.91 Å². The molecule has 0 saturated carbocycles. The number of amides is 1. The SMILES string of the molecule is Cc1ccc(-c2csc3ncn(CCC(=O)NC(C#N)c4cccc(Cl)c4Cl)c(=O)c23)cc1. The summed E-state index contributed by atoms with van der Waals surface area (Å²) >= 11 is 13.6. The average Bonchev–Trinajstić information content (AvgIpc) is 3.24. The fourth-order valence-electron chi connectivity index (χ4n) is 3.45. The van der Waals surface area contributed by atoms with Crippen LogP contribution in [0.4, 0.5) is 0 Å². The summed E-state index contributed by atoms with van der Waals surface area (Å²) in [5, 5.41) is 15.1. The Kier molecular flexibility index (Phi) is 6.80. The third-order valence-electron chi connectivity index (χ3n) is 5.23. The topological polar surface area (TPSA) is 87.8 Å². The third kappa shape index (κ3) is 4.79. The molecule has 2 aromatic heterocycles. The Labute approximate surface area is 204 Å². The minimum Gasteiger partial charge on any atom is -0.337 e. The Morgan fingerprint density at radius 3 is 2.73 bits per heavy atom. The van der Waals surface area contributed by atoms with E-state index in [1.807, 2.05) is 42.6 Å². The number of aryl methyl sites for hydroxylation is 2. The molecule has 2 heterocycles. The van der Waals surface area contributed by atoms with Crippen molar-refractivity contribution in [2.45, 2.75) is 25.9 Å². The number of thiophene rings is 1. The zero-order valence-electron chi connectivity index (χ0n) is 17.5. The molecular weight excluding hydrogens is 479 g/mol. The molecule has 2 aromatic carbocycles. The number of carbonyl (C=O) groups excluding carboxylic acids is 1. The molecule has 1 amide bonds. The largest absolute Gasteiger partial charge is 0.337 e. The summed E-state index contributed by atoms with van der Waals surface area (Å²) < 4.78 is 1.42. The molecule has 1 unspecified atom stereocenters. The van der Waals surface area contributed by atoms with Gasteiger partial charge in [0.05, 0.1) is 27.8 Å². The van der Waals surface area contributed by atoms with Gasteiger partial charge in [0.1, 0.15) is 10.9 Å². The number of benzene rings is 2. The molecular formula is C24H18Cl2N4O2S. The van der Waals surface area contributed by atoms with E-state index in [0.717, 1.165) is 16.7 Å². The summed E-state index contributed by atoms with van der Waals surface area (Å²) in [6.07, 6.45) is 1.44. The van der Waals surface area contributed by atoms with Crippen molar-refractivity contribution in [2.75, 3.05) is 0 Å². The molecule has 166 valence electrons. The van der Waals surface area contributed by atoms with Crippen LogP contribution in [0.1, 0.15) is 23.6 Å². The van der Waals surface area contributed by atoms with E-state index >= 15 is 0 Å². The van der Waals surface area contributed by atoms with Crippen molar-refractivity contribution in [3.63, 3.8) is 0 Å². The first-order valence-electron chi connectivity index (χ1n) is 10.1. The predicted octanol–water partition coefficient (Wildman–Crippen LogP) is 5.51. The molecule has 0 saturated heterocycles. The van der Waals surface area contributed by atoms with Gasteiger partial charge in [0, 0.05) is 29.5 Å². The number of nitriles is 1. The first kappa shape index (κ1) is 23.0. The Morgan fingerprint density at radius 2 is 2.00 bits per heavy atom. The Hall–Kier alpha value is -3.18. The van der Waals surface area contributed by atoms with Crippen LogP contribution in [0.5, 0.6) is 0 Å². The molecule has 0 bridgehead atoms. The lowest BCUT2D eigenvalue weighted by atomic mass is 10.1. The predicted molar refractivity (Wildman–Crippen MR) is 132 cm³/mol. The Morgan fingerprint density at radius 1 is 1.24 bits per heavy atom. The molecule has 1 N–H and O–H groups in total. The molecule has 0 aliphatic rings. The number of rotatable bonds is 6. The van der Waals surface area contributed by atoms with Gasteiger partial charge in [-0.2, -0.15) is 5.26 Å². The highest BCUT2D eigenvalue weighted by molar-refractivity contribution is 7.17. The van der Waals surface area contributed by atoms with Gasteiger partial charge >= 0.3 is 0 Å². The highest BCUT2D eigenvalue weighted by Crippen LogP contribution is 2.31. The van der Waals surface area contributed by atoms with Crippen molar-refractivity contribution in [3.05, 3.63) is 85.7 Å². The monoisotopic (exact) mass is 496 g/mol. The molecule has 6 nitrogen and oxygen atoms in total. The van der Waals surface area contributed by atoms with E-state index in [4.69, 9.17) is 23.2 Å². The minimum atomic E-state index is -0.953. The van der Waals surface area contributed by atoms with Crippen molar-refractivity contribution in [1.82, 2.24) is 14.9 Å². The lowest BCUT2D eigenvalue weighted by molar-refractivity contribution is -0.121. The summed E-state index contributed by atoms with van der Waals surface area (Å²) in [4.78, 5) is 30.7. The molecule has 0 spiro atoms. The Balaban J connectivity index is 1.53. The van der Waals surface area contributed by atoms with E-state index in [1.54, 1.807) is 18.2 Å². The molecule has 0 fully saturated rings. The van der Waals surface area contributed by atoms with Crippen LogP contribution >= 0.6 is 34.5 Å². The molecule has 1 atom stereocenters. The highest BCUT2D eigenvalue weighted by Gasteiger charge is 2.19. The fourth-order valence-corrected chi connectivity index (χ4v) is 4.77. The second-order valence-corrected chi connectivity index (χ2v) is 9.10. The van der Waals surface area contributed by atoms with E-state index in [1.165, 1.54) is 22.2 Å². The van der Waals surface area contributed by atoms with Crippen LogP contribution in [0, 0.1) is 18.3 Å². The van der Waals surface area contributed by atoms with Gasteiger partial charge in [-0.05, 0) is 18.6 Å². The van der Waals surface area contributed by atoms with Gasteiger partial charge in [-0.25, -0.2) is 4.98 Å². The normalized spacial score (nSPS) is 11.8. The van der Waals surface area contributed by atoms with Crippen LogP contribution in [0.25, 0.3) is 21.3 Å². The van der Waals surface area contributed by atoms with Crippen LogP contribution in [0.2, 0.25) is 10.0 Å². The first-order valence-corrected chi connectivity index (χ1v) is 11.7. The molecule has 0 radical (unpaired) electrons. The van der Waals surface area contributed by atoms with E-state index in [0.29, 0.717) is 20.8 Å². The second-order valence-electron chi connectivity index (χ2n) is 7.46. The van der Waals surface area contributed by atoms with Crippen molar-refractivity contribution in [1.29, 1.82) is 5.26 Å². The summed E-state index contributed by atoms with van der Waals surface area (Å²) in [6, 6.07) is 13.9. The number of hydrogen-bond acceptors (Lipinski definition) is 5. The number of hydrogen-bond donors (Lipinski definition) is 1. The number of halogens is 2. The summed E-state index contributed by atoms with van der Waals surface area (Å²) in [7, 11) is 0. The maximum Gasteiger partial charge on any atom is 0.262 e. The summed E-state index contributed by atoms with van der Waals surface area (Å²) in [5.74, 6) is -0.395. The van der Waals surface area contributed by atoms with E-state index in [9.17, 15) is 14.9 Å². The molecule has 33 heavy (non-hydrogen) atoms. The maximum absolute atomic E-state index is 13.2. The van der Waals surface area contributed by atoms with E-state index in [-0.39, 0.29) is 23.5 Å². The van der Waals surface area contributed by atoms with Crippen molar-refractivity contribution in [3.8, 4) is 17.2 Å². The van der Waals surface area contributed by atoms with Gasteiger partial charge in [0.15, 0.2) is 0 Å². The van der Waals surface area contributed by atoms with Gasteiger partial charge in [0.25, 0.3) is 5.56 Å². The average molecular weight is 497 g/mol. The van der Waals surface area contributed by atoms with Gasteiger partial charge in [-0.15, -0.1) is 11.3 Å². The molecule has 0 aliphatic carbocycles. The molecule has 0 aliphatic heterocycles. The van der Waals surface area contributed by atoms with Crippen LogP contribution in [0.15, 0.2) is 59.0 Å². The lowest BCUT2D eigenvalue weighted by Crippen LogP contribution is -2.30. The standard InChI is InChI=1S/C24H18Cl2N4O2S/c1-14-5-7-15(8-6-14)17-12-33-23-21(17)24(32)30(13-28-23)10-9-20(31)29-19(11-27)16-3-2-4-18(25)22(16)26/h2-8,12-13,19H,9-10H2,1H3,(H,29,31). The number of fused-ring (bicyclic) bond motifs is 1. The van der Waals surface area contributed by atoms with Crippen LogP contribution in [-0.2, 0) is 11.3 Å². The van der Waals surface area contributed by atoms with Crippen LogP contribution in [0.3, 0.4) is 0 Å². The first-order chi connectivity index (χ1) is 15.9. The molecule has 4 rings (SSSR count). The number of aromatic nitrogens is 2. The smallest absolute Gasteiger partial charge is 0.262 e. The lowest BCUT2D eigenvalue weighted by Gasteiger charge is -2.14. The number of nitrogens with one attached hydrogen (secondary N) is 1. The van der Waals surface area contributed by atoms with Crippen molar-refractivity contribution in [2.24, 2.45) is 0 Å². The van der Waals surface area contributed by atoms with Gasteiger partial charge in [-0.1, -0.05) is 65.2 Å².